The second-order valence-corrected chi connectivity index (χ2v) is 41.6. The molecule has 12 fully saturated rings. The molecule has 0 aromatic heterocycles. The summed E-state index contributed by atoms with van der Waals surface area (Å²) in [5.41, 5.74) is -4.57. The number of esters is 2. The van der Waals surface area contributed by atoms with Crippen molar-refractivity contribution in [2.45, 2.75) is 376 Å². The molecule has 2 heterocycles. The molecule has 17 nitrogen and oxygen atoms in total. The van der Waals surface area contributed by atoms with Crippen molar-refractivity contribution in [2.75, 3.05) is 4.93 Å². The van der Waals surface area contributed by atoms with Crippen molar-refractivity contribution in [1.29, 1.82) is 0.594 Å². The number of alkyl halides is 1. The van der Waals surface area contributed by atoms with Crippen LogP contribution in [0, 0.1) is 125 Å². The molecule has 1 aromatic carbocycles. The number of fused-ring (bicyclic) bond motifs is 4. The van der Waals surface area contributed by atoms with Crippen LogP contribution < -0.4 is 27.7 Å². The first-order chi connectivity index (χ1) is 49.6. The Kier molecular flexibility index (Phi) is 23.9. The van der Waals surface area contributed by atoms with Crippen molar-refractivity contribution < 1.29 is 123 Å². The molecular weight excluding hydrogens is 1510 g/mol. The van der Waals surface area contributed by atoms with Crippen LogP contribution in [0.2, 0.25) is 0 Å². The third-order valence-corrected chi connectivity index (χ3v) is 31.8. The Balaban J connectivity index is 0.000000198. The molecular formula is C85H138F5INO16-. The molecule has 1 aromatic rings. The number of ether oxygens (including phenoxy) is 5. The van der Waals surface area contributed by atoms with Gasteiger partial charge >= 0.3 is 45.9 Å². The molecule has 108 heavy (non-hydrogen) atoms. The summed E-state index contributed by atoms with van der Waals surface area (Å²) in [5.74, 6) is -12.9. The first-order valence-electron chi connectivity index (χ1n) is 40.8. The SMILES string of the molecule is CC(C)(O)[C@@H]1CC[C@](C)([C@H]2[C@@H](O)C[C@@]3(C)C4C[C@H](O)[C@H]5C(C)(C)[C@@H](O)CC[C@@]56CC46CC[C@]23C)O1.CCC(=O)OC(C)(C)C.CCC(C)[C@H](NC(=O)OC(C)(C)C)C(=O)O[C@H]1CC[C@]23CC24CC[C@]2(C)[C@@H]([C@@]5(C)CC[C@@H](C(C)(C)O)O5)[C@@H](O)C[C@@]2(C)C4C[C@H](O)[C@H]3C1(C)C.Oc1c(F)c(F)c(F)c(F)c1F.[2H][I-]C. The normalized spacial score (nSPS) is 44.1. The number of phenols is 1. The minimum absolute atomic E-state index is 0.0167. The number of hydrogen-bond acceptors (Lipinski definition) is 16. The zero-order valence-electron chi connectivity index (χ0n) is 70.5. The summed E-state index contributed by atoms with van der Waals surface area (Å²) >= 11 is -0.160. The molecule has 12 aliphatic rings. The van der Waals surface area contributed by atoms with Gasteiger partial charge in [-0.05, 0) is 277 Å². The molecule has 1 amide bonds. The van der Waals surface area contributed by atoms with Crippen LogP contribution in [0.5, 0.6) is 5.75 Å². The third kappa shape index (κ3) is 14.5. The maximum atomic E-state index is 13.8. The Labute approximate surface area is 655 Å². The molecule has 10 saturated carbocycles. The predicted octanol–water partition coefficient (Wildman–Crippen LogP) is 12.1. The number of phenolic OH excluding ortho intramolecular Hbond substituents is 1. The summed E-state index contributed by atoms with van der Waals surface area (Å²) in [6, 6.07) is -0.823. The fourth-order valence-corrected chi connectivity index (χ4v) is 26.8. The fraction of sp³-hybridized carbons (Fsp3) is 0.894. The number of aromatic hydroxyl groups is 1. The van der Waals surface area contributed by atoms with E-state index in [1.807, 2.05) is 67.2 Å². The molecule has 9 N–H and O–H groups in total. The van der Waals surface area contributed by atoms with Crippen LogP contribution in [0.4, 0.5) is 26.7 Å². The molecule has 622 valence electrons. The third-order valence-electron chi connectivity index (χ3n) is 31.8. The van der Waals surface area contributed by atoms with Crippen molar-refractivity contribution in [2.24, 2.45) is 95.6 Å². The molecule has 0 bridgehead atoms. The van der Waals surface area contributed by atoms with Crippen molar-refractivity contribution in [3.05, 3.63) is 29.1 Å². The predicted molar refractivity (Wildman–Crippen MR) is 397 cm³/mol. The van der Waals surface area contributed by atoms with E-state index >= 15 is 0 Å². The van der Waals surface area contributed by atoms with Gasteiger partial charge in [0.15, 0.2) is 5.75 Å². The average molecular weight is 1650 g/mol. The fourth-order valence-electron chi connectivity index (χ4n) is 26.8. The summed E-state index contributed by atoms with van der Waals surface area (Å²) in [5, 5.41) is 91.2. The molecule has 0 radical (unpaired) electrons. The quantitative estimate of drug-likeness (QED) is 0.0200. The molecule has 10 aliphatic carbocycles. The van der Waals surface area contributed by atoms with Crippen LogP contribution in [-0.4, -0.2) is 153 Å². The van der Waals surface area contributed by atoms with Crippen LogP contribution in [-0.2, 0) is 33.3 Å². The number of nitrogens with one attached hydrogen (secondary N) is 1. The summed E-state index contributed by atoms with van der Waals surface area (Å²) in [6.07, 6.45) is 13.8. The van der Waals surface area contributed by atoms with Crippen molar-refractivity contribution >= 4 is 18.0 Å². The molecule has 5 unspecified atom stereocenters. The van der Waals surface area contributed by atoms with E-state index in [0.29, 0.717) is 31.6 Å². The van der Waals surface area contributed by atoms with E-state index in [4.69, 9.17) is 29.4 Å². The van der Waals surface area contributed by atoms with Gasteiger partial charge in [0.2, 0.25) is 29.1 Å². The number of hydrogen-bond donors (Lipinski definition) is 9. The van der Waals surface area contributed by atoms with E-state index in [2.05, 4.69) is 74.6 Å². The Hall–Kier alpha value is -2.75. The van der Waals surface area contributed by atoms with Crippen LogP contribution in [0.25, 0.3) is 0 Å². The zero-order chi connectivity index (χ0) is 82.5. The average Bonchev–Trinajstić information content (AvgIpc) is 1.46. The van der Waals surface area contributed by atoms with E-state index in [1.165, 1.54) is 6.42 Å². The van der Waals surface area contributed by atoms with E-state index < -0.39 is 111 Å². The second-order valence-electron chi connectivity index (χ2n) is 41.6. The Morgan fingerprint density at radius 1 is 0.546 bits per heavy atom. The van der Waals surface area contributed by atoms with E-state index in [9.17, 15) is 72.1 Å². The molecule has 26 atom stereocenters. The van der Waals surface area contributed by atoms with Gasteiger partial charge in [0.25, 0.3) is 0 Å². The van der Waals surface area contributed by atoms with E-state index in [0.717, 1.165) is 96.3 Å². The monoisotopic (exact) mass is 1650 g/mol. The van der Waals surface area contributed by atoms with Gasteiger partial charge in [-0.25, -0.2) is 22.8 Å². The Bertz CT molecular complexity index is 3410. The van der Waals surface area contributed by atoms with Crippen molar-refractivity contribution in [3.63, 3.8) is 0 Å². The van der Waals surface area contributed by atoms with Gasteiger partial charge in [-0.15, -0.1) is 0 Å². The first kappa shape index (κ1) is 87.6. The van der Waals surface area contributed by atoms with Crippen LogP contribution in [0.15, 0.2) is 0 Å². The number of aliphatic hydroxyl groups excluding tert-OH is 5. The second kappa shape index (κ2) is 29.5. The maximum absolute atomic E-state index is 13.8. The van der Waals surface area contributed by atoms with Gasteiger partial charge in [0.1, 0.15) is 23.3 Å². The molecule has 2 aliphatic heterocycles. The minimum atomic E-state index is -2.29. The number of carbonyl (C=O) groups is 3. The van der Waals surface area contributed by atoms with Gasteiger partial charge in [-0.3, -0.25) is 4.79 Å². The number of amides is 1. The number of halogens is 6. The van der Waals surface area contributed by atoms with Gasteiger partial charge in [0, 0.05) is 23.7 Å². The topological polar surface area (TPSA) is 271 Å². The number of aliphatic hydroxyl groups is 7. The summed E-state index contributed by atoms with van der Waals surface area (Å²) in [6.45, 7) is 46.7. The van der Waals surface area contributed by atoms with Gasteiger partial charge in [-0.2, -0.15) is 8.78 Å². The van der Waals surface area contributed by atoms with Gasteiger partial charge in [-0.1, -0.05) is 82.6 Å². The Morgan fingerprint density at radius 3 is 1.30 bits per heavy atom. The standard InChI is InChI=1S/C41H69NO8.C30H50O5.C7H14O2.C6HF5O.CH4I/c1-13-23(2)29(42-33(46)50-34(3,4)5)32(45)48-27-15-17-41-22-40(41)19-18-37(10)31(39(12)16-14-28(49-39)36(8,9)47)25(44)21-38(37,11)26(40)20-24(43)30(41)35(27,6)7;1-24(2)20(33)8-11-30-16-29(30)13-12-26(5)23(28(7)10-9-21(35-28)25(3,4)34)18(32)15-27(26,6)19(29)14-17(31)22(24)30;1-5-6(8)9-7(2,3)4;7-1-2(8)4(10)6(12)5(11)3(1)9;1-2/h23-31,43-44,47H,13-22H2,1-12H3,(H,42,46);17-23,31-34H,8-16H2,1-7H3;5H2,1-4H3;12H;2H,1H3/q;;;;-1/t23?,24-,25-,26?,27-,28-,29-,30-,31-,37+,38-,39+,40?,41+;17-,18-,19?,20-,21-,22-,23-,26+,27-,28+,29?,30+;;;/m00.../s1/i;;;;2D. The van der Waals surface area contributed by atoms with Gasteiger partial charge in [0.05, 0.1) is 65.1 Å². The van der Waals surface area contributed by atoms with Gasteiger partial charge < -0.3 is 69.9 Å². The molecule has 23 heteroatoms. The summed E-state index contributed by atoms with van der Waals surface area (Å²) < 4.78 is 97.1. The van der Waals surface area contributed by atoms with Crippen LogP contribution in [0.1, 0.15) is 288 Å². The molecule has 4 spiro atoms. The van der Waals surface area contributed by atoms with Crippen LogP contribution in [0.3, 0.4) is 0 Å². The number of benzene rings is 1. The number of alkyl carbamates (subject to hydrolysis) is 1. The summed E-state index contributed by atoms with van der Waals surface area (Å²) in [7, 11) is 0. The Morgan fingerprint density at radius 2 is 0.935 bits per heavy atom. The van der Waals surface area contributed by atoms with E-state index in [1.54, 1.807) is 27.7 Å². The number of carbonyl (C=O) groups excluding carboxylic acids is 3. The van der Waals surface area contributed by atoms with Crippen molar-refractivity contribution in [1.82, 2.24) is 5.32 Å². The zero-order valence-corrected chi connectivity index (χ0v) is 71.6. The molecule has 13 rings (SSSR count). The summed E-state index contributed by atoms with van der Waals surface area (Å²) in [4.78, 5) is 39.1. The number of rotatable bonds is 10. The van der Waals surface area contributed by atoms with Crippen LogP contribution >= 0.6 is 0 Å². The molecule has 2 saturated heterocycles. The first-order valence-corrected chi connectivity index (χ1v) is 42.6. The van der Waals surface area contributed by atoms with E-state index in [-0.39, 0.29) is 143 Å². The van der Waals surface area contributed by atoms with Crippen molar-refractivity contribution in [3.8, 4) is 5.75 Å².